The van der Waals surface area contributed by atoms with E-state index in [9.17, 15) is 14.9 Å². The lowest BCUT2D eigenvalue weighted by molar-refractivity contribution is -0.384. The lowest BCUT2D eigenvalue weighted by Gasteiger charge is -2.06. The van der Waals surface area contributed by atoms with E-state index < -0.39 is 10.8 Å². The molecule has 0 saturated carbocycles. The first-order valence-corrected chi connectivity index (χ1v) is 6.70. The number of carbonyl (C=O) groups is 1. The van der Waals surface area contributed by atoms with Crippen molar-refractivity contribution in [3.8, 4) is 5.75 Å². The standard InChI is InChI=1S/C13H13ClN4O4/c1-3-17-7-9(14)12(16-17)13(19)15-10-5-4-8(22-2)6-11(10)18(20)21/h4-7H,3H2,1-2H3,(H,15,19). The topological polar surface area (TPSA) is 99.3 Å². The van der Waals surface area contributed by atoms with Crippen LogP contribution in [0.25, 0.3) is 0 Å². The number of hydrogen-bond acceptors (Lipinski definition) is 5. The molecule has 9 heteroatoms. The number of aromatic nitrogens is 2. The van der Waals surface area contributed by atoms with Crippen LogP contribution >= 0.6 is 11.6 Å². The largest absolute Gasteiger partial charge is 0.496 e. The van der Waals surface area contributed by atoms with Gasteiger partial charge in [-0.05, 0) is 19.1 Å². The van der Waals surface area contributed by atoms with Gasteiger partial charge in [0, 0.05) is 12.7 Å². The van der Waals surface area contributed by atoms with E-state index in [0.29, 0.717) is 12.3 Å². The first-order chi connectivity index (χ1) is 10.5. The van der Waals surface area contributed by atoms with E-state index in [0.717, 1.165) is 0 Å². The zero-order valence-electron chi connectivity index (χ0n) is 11.9. The summed E-state index contributed by atoms with van der Waals surface area (Å²) >= 11 is 5.94. The highest BCUT2D eigenvalue weighted by Gasteiger charge is 2.21. The molecule has 2 rings (SSSR count). The number of amides is 1. The smallest absolute Gasteiger partial charge is 0.296 e. The number of ether oxygens (including phenoxy) is 1. The fourth-order valence-corrected chi connectivity index (χ4v) is 2.03. The first-order valence-electron chi connectivity index (χ1n) is 6.33. The Bertz CT molecular complexity index is 729. The number of nitrogens with one attached hydrogen (secondary N) is 1. The highest BCUT2D eigenvalue weighted by atomic mass is 35.5. The van der Waals surface area contributed by atoms with Crippen LogP contribution in [0.4, 0.5) is 11.4 Å². The quantitative estimate of drug-likeness (QED) is 0.673. The molecule has 0 aliphatic rings. The van der Waals surface area contributed by atoms with E-state index in [1.807, 2.05) is 6.92 Å². The summed E-state index contributed by atoms with van der Waals surface area (Å²) < 4.78 is 6.43. The van der Waals surface area contributed by atoms with Crippen LogP contribution in [0.15, 0.2) is 24.4 Å². The van der Waals surface area contributed by atoms with E-state index in [4.69, 9.17) is 16.3 Å². The van der Waals surface area contributed by atoms with Gasteiger partial charge in [0.05, 0.1) is 23.1 Å². The number of nitro groups is 1. The second-order valence-electron chi connectivity index (χ2n) is 4.28. The number of anilines is 1. The average Bonchev–Trinajstić information content (AvgIpc) is 2.88. The second kappa shape index (κ2) is 6.44. The predicted molar refractivity (Wildman–Crippen MR) is 80.5 cm³/mol. The molecule has 0 unspecified atom stereocenters. The Hall–Kier alpha value is -2.61. The maximum Gasteiger partial charge on any atom is 0.296 e. The molecule has 2 aromatic rings. The minimum absolute atomic E-state index is 0.00799. The van der Waals surface area contributed by atoms with Gasteiger partial charge in [-0.3, -0.25) is 19.6 Å². The molecular formula is C13H13ClN4O4. The fraction of sp³-hybridized carbons (Fsp3) is 0.231. The minimum atomic E-state index is -0.620. The number of rotatable bonds is 5. The Balaban J connectivity index is 2.31. The molecule has 0 bridgehead atoms. The highest BCUT2D eigenvalue weighted by Crippen LogP contribution is 2.29. The van der Waals surface area contributed by atoms with Crippen LogP contribution in [-0.2, 0) is 6.54 Å². The molecule has 1 amide bonds. The van der Waals surface area contributed by atoms with E-state index in [1.54, 1.807) is 0 Å². The van der Waals surface area contributed by atoms with Crippen LogP contribution < -0.4 is 10.1 Å². The molecule has 1 aromatic carbocycles. The van der Waals surface area contributed by atoms with Crippen LogP contribution in [0, 0.1) is 10.1 Å². The van der Waals surface area contributed by atoms with Gasteiger partial charge in [-0.15, -0.1) is 0 Å². The number of methoxy groups -OCH3 is 1. The molecule has 0 saturated heterocycles. The fourth-order valence-electron chi connectivity index (χ4n) is 1.79. The van der Waals surface area contributed by atoms with E-state index >= 15 is 0 Å². The number of benzene rings is 1. The Morgan fingerprint density at radius 3 is 2.82 bits per heavy atom. The van der Waals surface area contributed by atoms with Gasteiger partial charge in [0.2, 0.25) is 0 Å². The molecule has 0 atom stereocenters. The van der Waals surface area contributed by atoms with Crippen molar-refractivity contribution in [1.29, 1.82) is 0 Å². The van der Waals surface area contributed by atoms with Crippen LogP contribution in [0.3, 0.4) is 0 Å². The maximum absolute atomic E-state index is 12.2. The van der Waals surface area contributed by atoms with Crippen LogP contribution in [0.2, 0.25) is 5.02 Å². The Labute approximate surface area is 130 Å². The van der Waals surface area contributed by atoms with Crippen molar-refractivity contribution in [2.45, 2.75) is 13.5 Å². The summed E-state index contributed by atoms with van der Waals surface area (Å²) in [5.74, 6) is -0.302. The van der Waals surface area contributed by atoms with Gasteiger partial charge in [-0.2, -0.15) is 5.10 Å². The molecule has 8 nitrogen and oxygen atoms in total. The summed E-state index contributed by atoms with van der Waals surface area (Å²) in [6, 6.07) is 4.12. The molecule has 22 heavy (non-hydrogen) atoms. The van der Waals surface area contributed by atoms with Gasteiger partial charge in [-0.1, -0.05) is 11.6 Å². The van der Waals surface area contributed by atoms with E-state index in [1.165, 1.54) is 36.2 Å². The number of carbonyl (C=O) groups excluding carboxylic acids is 1. The molecule has 0 radical (unpaired) electrons. The summed E-state index contributed by atoms with van der Waals surface area (Å²) in [7, 11) is 1.40. The van der Waals surface area contributed by atoms with Crippen LogP contribution in [-0.4, -0.2) is 27.7 Å². The molecule has 1 aromatic heterocycles. The molecule has 0 fully saturated rings. The van der Waals surface area contributed by atoms with Gasteiger partial charge in [-0.25, -0.2) is 0 Å². The van der Waals surface area contributed by atoms with Crippen molar-refractivity contribution in [1.82, 2.24) is 9.78 Å². The van der Waals surface area contributed by atoms with Crippen molar-refractivity contribution in [2.75, 3.05) is 12.4 Å². The number of nitro benzene ring substituents is 1. The lowest BCUT2D eigenvalue weighted by Crippen LogP contribution is -2.15. The van der Waals surface area contributed by atoms with Crippen molar-refractivity contribution >= 4 is 28.9 Å². The van der Waals surface area contributed by atoms with Crippen molar-refractivity contribution in [3.05, 3.63) is 45.2 Å². The Morgan fingerprint density at radius 1 is 1.55 bits per heavy atom. The van der Waals surface area contributed by atoms with Gasteiger partial charge in [0.25, 0.3) is 11.6 Å². The molecule has 0 spiro atoms. The van der Waals surface area contributed by atoms with Crippen molar-refractivity contribution in [2.24, 2.45) is 0 Å². The molecule has 1 N–H and O–H groups in total. The minimum Gasteiger partial charge on any atom is -0.496 e. The normalized spacial score (nSPS) is 10.3. The SMILES string of the molecule is CCn1cc(Cl)c(C(=O)Nc2ccc(OC)cc2[N+](=O)[O-])n1. The number of nitrogens with zero attached hydrogens (tertiary/aromatic N) is 3. The molecule has 1 heterocycles. The number of aryl methyl sites for hydroxylation is 1. The number of halogens is 1. The van der Waals surface area contributed by atoms with Gasteiger partial charge >= 0.3 is 0 Å². The molecular weight excluding hydrogens is 312 g/mol. The number of hydrogen-bond donors (Lipinski definition) is 1. The third kappa shape index (κ3) is 3.17. The summed E-state index contributed by atoms with van der Waals surface area (Å²) in [5, 5.41) is 17.7. The lowest BCUT2D eigenvalue weighted by atomic mass is 10.2. The summed E-state index contributed by atoms with van der Waals surface area (Å²) in [6.45, 7) is 2.40. The third-order valence-corrected chi connectivity index (χ3v) is 3.18. The van der Waals surface area contributed by atoms with Crippen molar-refractivity contribution < 1.29 is 14.5 Å². The van der Waals surface area contributed by atoms with Crippen molar-refractivity contribution in [3.63, 3.8) is 0 Å². The van der Waals surface area contributed by atoms with E-state index in [2.05, 4.69) is 10.4 Å². The Kier molecular flexibility index (Phi) is 4.62. The Morgan fingerprint density at radius 2 is 2.27 bits per heavy atom. The predicted octanol–water partition coefficient (Wildman–Crippen LogP) is 2.73. The zero-order valence-corrected chi connectivity index (χ0v) is 12.6. The molecule has 116 valence electrons. The van der Waals surface area contributed by atoms with Gasteiger partial charge in [0.1, 0.15) is 11.4 Å². The second-order valence-corrected chi connectivity index (χ2v) is 4.68. The summed E-state index contributed by atoms with van der Waals surface area (Å²) in [4.78, 5) is 22.6. The third-order valence-electron chi connectivity index (χ3n) is 2.91. The average molecular weight is 325 g/mol. The van der Waals surface area contributed by atoms with E-state index in [-0.39, 0.29) is 22.1 Å². The first kappa shape index (κ1) is 15.8. The van der Waals surface area contributed by atoms with Crippen LogP contribution in [0.1, 0.15) is 17.4 Å². The van der Waals surface area contributed by atoms with Crippen LogP contribution in [0.5, 0.6) is 5.75 Å². The highest BCUT2D eigenvalue weighted by molar-refractivity contribution is 6.34. The summed E-state index contributed by atoms with van der Waals surface area (Å²) in [6.07, 6.45) is 1.51. The van der Waals surface area contributed by atoms with Gasteiger partial charge < -0.3 is 10.1 Å². The molecule has 0 aliphatic carbocycles. The maximum atomic E-state index is 12.2. The monoisotopic (exact) mass is 324 g/mol. The van der Waals surface area contributed by atoms with Gasteiger partial charge in [0.15, 0.2) is 5.69 Å². The summed E-state index contributed by atoms with van der Waals surface area (Å²) in [5.41, 5.74) is -0.231. The zero-order chi connectivity index (χ0) is 16.3. The molecule has 0 aliphatic heterocycles.